The fourth-order valence-electron chi connectivity index (χ4n) is 4.88. The molecule has 0 aromatic heterocycles. The molecule has 1 N–H and O–H groups in total. The normalized spacial score (nSPS) is 18.6. The number of likely N-dealkylation sites (tertiary alicyclic amines) is 1. The molecule has 1 amide bonds. The summed E-state index contributed by atoms with van der Waals surface area (Å²) >= 11 is 0. The summed E-state index contributed by atoms with van der Waals surface area (Å²) in [6.45, 7) is 7.78. The number of esters is 2. The third kappa shape index (κ3) is 10.0. The first-order valence-electron chi connectivity index (χ1n) is 14.3. The lowest BCUT2D eigenvalue weighted by Gasteiger charge is -2.29. The van der Waals surface area contributed by atoms with Crippen molar-refractivity contribution in [3.63, 3.8) is 0 Å². The largest absolute Gasteiger partial charge is 0.465 e. The van der Waals surface area contributed by atoms with Crippen molar-refractivity contribution in [1.29, 1.82) is 0 Å². The molecule has 218 valence electrons. The molecule has 2 unspecified atom stereocenters. The second kappa shape index (κ2) is 14.9. The van der Waals surface area contributed by atoms with Gasteiger partial charge in [-0.15, -0.1) is 0 Å². The van der Waals surface area contributed by atoms with Gasteiger partial charge >= 0.3 is 11.9 Å². The molecule has 3 atom stereocenters. The Bertz CT molecular complexity index is 1100. The molecule has 40 heavy (non-hydrogen) atoms. The topological polar surface area (TPSA) is 84.9 Å². The molecule has 3 rings (SSSR count). The van der Waals surface area contributed by atoms with Crippen molar-refractivity contribution in [3.8, 4) is 0 Å². The first-order valence-corrected chi connectivity index (χ1v) is 14.3. The first kappa shape index (κ1) is 31.3. The summed E-state index contributed by atoms with van der Waals surface area (Å²) in [6.07, 6.45) is 3.85. The van der Waals surface area contributed by atoms with Crippen molar-refractivity contribution in [2.45, 2.75) is 89.8 Å². The lowest BCUT2D eigenvalue weighted by Crippen LogP contribution is -2.53. The molecular formula is C32H43FN2O5. The maximum atomic E-state index is 13.8. The summed E-state index contributed by atoms with van der Waals surface area (Å²) in [5.74, 6) is -1.57. The molecule has 0 saturated carbocycles. The zero-order valence-corrected chi connectivity index (χ0v) is 24.2. The Kier molecular flexibility index (Phi) is 11.7. The van der Waals surface area contributed by atoms with Gasteiger partial charge in [0.15, 0.2) is 0 Å². The molecule has 2 aromatic rings. The standard InChI is InChI=1S/C32H43FN2O5/c1-5-6-20-39-31(38)28(18-12-23-10-8-7-9-11-23)34-27-19-15-25(24-13-16-26(33)17-14-24)21-35(30(27)37)22-29(36)40-32(2,3)4/h7-11,13-14,16-17,25,27-28,34H,5-6,12,15,18-22H2,1-4H3/t25?,27?,28-/m0/s1. The number of nitrogens with one attached hydrogen (secondary N) is 1. The molecule has 1 heterocycles. The Morgan fingerprint density at radius 2 is 1.77 bits per heavy atom. The maximum Gasteiger partial charge on any atom is 0.326 e. The van der Waals surface area contributed by atoms with Crippen LogP contribution in [0.2, 0.25) is 0 Å². The molecule has 1 aliphatic rings. The van der Waals surface area contributed by atoms with Gasteiger partial charge in [0, 0.05) is 12.5 Å². The minimum absolute atomic E-state index is 0.0990. The van der Waals surface area contributed by atoms with Crippen LogP contribution in [-0.2, 0) is 30.3 Å². The summed E-state index contributed by atoms with van der Waals surface area (Å²) < 4.78 is 24.7. The third-order valence-corrected chi connectivity index (χ3v) is 6.93. The number of hydrogen-bond donors (Lipinski definition) is 1. The zero-order chi connectivity index (χ0) is 29.1. The highest BCUT2D eigenvalue weighted by Crippen LogP contribution is 2.28. The fourth-order valence-corrected chi connectivity index (χ4v) is 4.88. The van der Waals surface area contributed by atoms with Gasteiger partial charge in [-0.25, -0.2) is 4.39 Å². The van der Waals surface area contributed by atoms with Crippen LogP contribution in [0, 0.1) is 5.82 Å². The number of unbranched alkanes of at least 4 members (excludes halogenated alkanes) is 1. The molecule has 7 nitrogen and oxygen atoms in total. The summed E-state index contributed by atoms with van der Waals surface area (Å²) in [6, 6.07) is 14.7. The first-order chi connectivity index (χ1) is 19.1. The minimum atomic E-state index is -0.690. The van der Waals surface area contributed by atoms with Crippen LogP contribution in [0.3, 0.4) is 0 Å². The van der Waals surface area contributed by atoms with Crippen LogP contribution < -0.4 is 5.32 Å². The van der Waals surface area contributed by atoms with Gasteiger partial charge in [0.1, 0.15) is 24.0 Å². The lowest BCUT2D eigenvalue weighted by atomic mass is 9.93. The Morgan fingerprint density at radius 3 is 2.42 bits per heavy atom. The van der Waals surface area contributed by atoms with Crippen molar-refractivity contribution < 1.29 is 28.2 Å². The number of carbonyl (C=O) groups is 3. The molecule has 1 fully saturated rings. The van der Waals surface area contributed by atoms with Crippen LogP contribution in [0.5, 0.6) is 0 Å². The number of benzene rings is 2. The number of ether oxygens (including phenoxy) is 2. The number of halogens is 1. The average Bonchev–Trinajstić information content (AvgIpc) is 3.05. The van der Waals surface area contributed by atoms with E-state index in [1.54, 1.807) is 32.9 Å². The minimum Gasteiger partial charge on any atom is -0.465 e. The van der Waals surface area contributed by atoms with Crippen LogP contribution in [0.25, 0.3) is 0 Å². The highest BCUT2D eigenvalue weighted by molar-refractivity contribution is 5.87. The van der Waals surface area contributed by atoms with Gasteiger partial charge < -0.3 is 14.4 Å². The Hall–Kier alpha value is -3.26. The van der Waals surface area contributed by atoms with Gasteiger partial charge in [-0.3, -0.25) is 19.7 Å². The molecule has 2 aromatic carbocycles. The van der Waals surface area contributed by atoms with Crippen LogP contribution >= 0.6 is 0 Å². The quantitative estimate of drug-likeness (QED) is 0.288. The SMILES string of the molecule is CCCCOC(=O)[C@H](CCc1ccccc1)NC1CCC(c2ccc(F)cc2)CN(CC(=O)OC(C)(C)C)C1=O. The highest BCUT2D eigenvalue weighted by Gasteiger charge is 2.36. The van der Waals surface area contributed by atoms with Crippen LogP contribution in [-0.4, -0.2) is 60.1 Å². The Morgan fingerprint density at radius 1 is 1.07 bits per heavy atom. The van der Waals surface area contributed by atoms with E-state index >= 15 is 0 Å². The van der Waals surface area contributed by atoms with E-state index in [0.29, 0.717) is 32.3 Å². The predicted molar refractivity (Wildman–Crippen MR) is 152 cm³/mol. The van der Waals surface area contributed by atoms with E-state index in [-0.39, 0.29) is 36.7 Å². The van der Waals surface area contributed by atoms with Gasteiger partial charge in [-0.05, 0) is 76.1 Å². The molecule has 1 aliphatic heterocycles. The summed E-state index contributed by atoms with van der Waals surface area (Å²) in [5, 5.41) is 3.30. The summed E-state index contributed by atoms with van der Waals surface area (Å²) in [7, 11) is 0. The molecule has 1 saturated heterocycles. The van der Waals surface area contributed by atoms with Crippen molar-refractivity contribution >= 4 is 17.8 Å². The number of nitrogens with zero attached hydrogens (tertiary/aromatic N) is 1. The summed E-state index contributed by atoms with van der Waals surface area (Å²) in [4.78, 5) is 41.2. The van der Waals surface area contributed by atoms with E-state index in [9.17, 15) is 18.8 Å². The van der Waals surface area contributed by atoms with Gasteiger partial charge in [-0.2, -0.15) is 0 Å². The lowest BCUT2D eigenvalue weighted by molar-refractivity contribution is -0.159. The number of rotatable bonds is 12. The Labute approximate surface area is 237 Å². The molecular weight excluding hydrogens is 511 g/mol. The van der Waals surface area contributed by atoms with E-state index < -0.39 is 23.7 Å². The van der Waals surface area contributed by atoms with Crippen molar-refractivity contribution in [2.24, 2.45) is 0 Å². The van der Waals surface area contributed by atoms with E-state index in [0.717, 1.165) is 24.0 Å². The van der Waals surface area contributed by atoms with Gasteiger partial charge in [0.25, 0.3) is 0 Å². The molecule has 0 bridgehead atoms. The maximum absolute atomic E-state index is 13.8. The van der Waals surface area contributed by atoms with Crippen molar-refractivity contribution in [2.75, 3.05) is 19.7 Å². The Balaban J connectivity index is 1.81. The smallest absolute Gasteiger partial charge is 0.326 e. The molecule has 0 spiro atoms. The number of amides is 1. The second-order valence-electron chi connectivity index (χ2n) is 11.4. The fraction of sp³-hybridized carbons (Fsp3) is 0.531. The van der Waals surface area contributed by atoms with E-state index in [1.807, 2.05) is 37.3 Å². The average molecular weight is 555 g/mol. The highest BCUT2D eigenvalue weighted by atomic mass is 19.1. The summed E-state index contributed by atoms with van der Waals surface area (Å²) in [5.41, 5.74) is 1.29. The predicted octanol–water partition coefficient (Wildman–Crippen LogP) is 5.18. The number of hydrogen-bond acceptors (Lipinski definition) is 6. The van der Waals surface area contributed by atoms with Gasteiger partial charge in [0.2, 0.25) is 5.91 Å². The van der Waals surface area contributed by atoms with Gasteiger partial charge in [-0.1, -0.05) is 55.8 Å². The zero-order valence-electron chi connectivity index (χ0n) is 24.2. The monoisotopic (exact) mass is 554 g/mol. The second-order valence-corrected chi connectivity index (χ2v) is 11.4. The van der Waals surface area contributed by atoms with Crippen LogP contribution in [0.4, 0.5) is 4.39 Å². The molecule has 8 heteroatoms. The van der Waals surface area contributed by atoms with Crippen molar-refractivity contribution in [3.05, 3.63) is 71.5 Å². The van der Waals surface area contributed by atoms with Crippen molar-refractivity contribution in [1.82, 2.24) is 10.2 Å². The molecule has 0 radical (unpaired) electrons. The van der Waals surface area contributed by atoms with Gasteiger partial charge in [0.05, 0.1) is 12.6 Å². The van der Waals surface area contributed by atoms with E-state index in [4.69, 9.17) is 9.47 Å². The van der Waals surface area contributed by atoms with E-state index in [1.165, 1.54) is 17.0 Å². The number of aryl methyl sites for hydroxylation is 1. The van der Waals surface area contributed by atoms with E-state index in [2.05, 4.69) is 5.32 Å². The molecule has 0 aliphatic carbocycles. The van der Waals surface area contributed by atoms with Crippen LogP contribution in [0.15, 0.2) is 54.6 Å². The van der Waals surface area contributed by atoms with Crippen LogP contribution in [0.1, 0.15) is 76.8 Å². The number of carbonyl (C=O) groups excluding carboxylic acids is 3. The third-order valence-electron chi connectivity index (χ3n) is 6.93.